The first kappa shape index (κ1) is 28.0. The molecule has 5 aromatic rings. The molecular formula is C28H22F4N4O4S. The van der Waals surface area contributed by atoms with Gasteiger partial charge in [-0.15, -0.1) is 0 Å². The second-order valence-electron chi connectivity index (χ2n) is 9.20. The number of benzene rings is 2. The van der Waals surface area contributed by atoms with Crippen molar-refractivity contribution in [2.24, 2.45) is 0 Å². The number of oxazole rings is 1. The molecule has 0 bridgehead atoms. The zero-order valence-electron chi connectivity index (χ0n) is 22.1. The largest absolute Gasteiger partial charge is 0.479 e. The number of aryl methyl sites for hydroxylation is 2. The maximum atomic E-state index is 14.6. The molecule has 0 N–H and O–H groups in total. The normalized spacial score (nSPS) is 12.1. The number of pyridine rings is 1. The fourth-order valence-corrected chi connectivity index (χ4v) is 5.05. The van der Waals surface area contributed by atoms with Gasteiger partial charge in [-0.25, -0.2) is 27.8 Å². The molecule has 3 heterocycles. The number of aromatic nitrogens is 4. The molecule has 0 aliphatic carbocycles. The first-order chi connectivity index (χ1) is 19.3. The van der Waals surface area contributed by atoms with Gasteiger partial charge >= 0.3 is 6.18 Å². The molecule has 0 fully saturated rings. The third-order valence-electron chi connectivity index (χ3n) is 6.28. The maximum Gasteiger partial charge on any atom is 0.434 e. The number of rotatable bonds is 6. The van der Waals surface area contributed by atoms with Crippen LogP contribution in [0.3, 0.4) is 0 Å². The smallest absolute Gasteiger partial charge is 0.434 e. The quantitative estimate of drug-likeness (QED) is 0.211. The van der Waals surface area contributed by atoms with Crippen LogP contribution in [0, 0.1) is 19.7 Å². The SMILES string of the molecule is COc1ncc(-c2oc(C)nc2-c2cc(-c3cccc(S(C)(=O)=O)c3)ccc2-n2cc(C(F)(F)F)nc2C)cc1F. The lowest BCUT2D eigenvalue weighted by atomic mass is 9.98. The third-order valence-corrected chi connectivity index (χ3v) is 7.39. The summed E-state index contributed by atoms with van der Waals surface area (Å²) in [6.45, 7) is 3.00. The van der Waals surface area contributed by atoms with Crippen LogP contribution in [0.1, 0.15) is 17.4 Å². The number of ether oxygens (including phenoxy) is 1. The van der Waals surface area contributed by atoms with Crippen LogP contribution in [0.2, 0.25) is 0 Å². The van der Waals surface area contributed by atoms with E-state index in [0.29, 0.717) is 16.7 Å². The number of halogens is 4. The number of imidazole rings is 1. The highest BCUT2D eigenvalue weighted by Crippen LogP contribution is 2.40. The Labute approximate surface area is 232 Å². The van der Waals surface area contributed by atoms with E-state index in [1.165, 1.54) is 36.9 Å². The van der Waals surface area contributed by atoms with E-state index in [9.17, 15) is 26.0 Å². The van der Waals surface area contributed by atoms with E-state index in [1.54, 1.807) is 37.3 Å². The minimum Gasteiger partial charge on any atom is -0.479 e. The van der Waals surface area contributed by atoms with Crippen LogP contribution < -0.4 is 4.74 Å². The van der Waals surface area contributed by atoms with Crippen molar-refractivity contribution in [2.45, 2.75) is 24.9 Å². The van der Waals surface area contributed by atoms with Gasteiger partial charge in [0.1, 0.15) is 11.5 Å². The summed E-state index contributed by atoms with van der Waals surface area (Å²) >= 11 is 0. The fraction of sp³-hybridized carbons (Fsp3) is 0.179. The molecule has 13 heteroatoms. The van der Waals surface area contributed by atoms with E-state index in [0.717, 1.165) is 18.5 Å². The summed E-state index contributed by atoms with van der Waals surface area (Å²) in [5.41, 5.74) is 1.03. The van der Waals surface area contributed by atoms with E-state index in [1.807, 2.05) is 0 Å². The van der Waals surface area contributed by atoms with Crippen LogP contribution in [0.4, 0.5) is 17.6 Å². The molecular weight excluding hydrogens is 564 g/mol. The molecule has 8 nitrogen and oxygen atoms in total. The highest BCUT2D eigenvalue weighted by molar-refractivity contribution is 7.90. The van der Waals surface area contributed by atoms with Crippen LogP contribution in [0.25, 0.3) is 39.4 Å². The Bertz CT molecular complexity index is 1900. The summed E-state index contributed by atoms with van der Waals surface area (Å²) in [7, 11) is -2.24. The highest BCUT2D eigenvalue weighted by atomic mass is 32.2. The van der Waals surface area contributed by atoms with Crippen LogP contribution in [0.5, 0.6) is 5.88 Å². The van der Waals surface area contributed by atoms with Crippen molar-refractivity contribution >= 4 is 9.84 Å². The lowest BCUT2D eigenvalue weighted by Crippen LogP contribution is -2.05. The van der Waals surface area contributed by atoms with Gasteiger partial charge in [0, 0.05) is 36.7 Å². The summed E-state index contributed by atoms with van der Waals surface area (Å²) in [6, 6.07) is 12.3. The fourth-order valence-electron chi connectivity index (χ4n) is 4.38. The number of sulfone groups is 1. The molecule has 0 unspecified atom stereocenters. The molecule has 0 aliphatic heterocycles. The predicted octanol–water partition coefficient (Wildman–Crippen LogP) is 6.44. The summed E-state index contributed by atoms with van der Waals surface area (Å²) in [5.74, 6) is -0.594. The zero-order chi connectivity index (χ0) is 29.7. The van der Waals surface area contributed by atoms with Gasteiger partial charge < -0.3 is 13.7 Å². The van der Waals surface area contributed by atoms with E-state index in [4.69, 9.17) is 9.15 Å². The summed E-state index contributed by atoms with van der Waals surface area (Å²) in [5, 5.41) is 0. The molecule has 0 saturated carbocycles. The molecule has 2 aromatic carbocycles. The Morgan fingerprint density at radius 3 is 2.34 bits per heavy atom. The number of methoxy groups -OCH3 is 1. The molecule has 0 radical (unpaired) electrons. The molecule has 0 amide bonds. The Morgan fingerprint density at radius 1 is 0.976 bits per heavy atom. The number of nitrogens with zero attached hydrogens (tertiary/aromatic N) is 4. The van der Waals surface area contributed by atoms with Gasteiger partial charge in [-0.3, -0.25) is 0 Å². The van der Waals surface area contributed by atoms with E-state index >= 15 is 0 Å². The maximum absolute atomic E-state index is 14.6. The molecule has 0 atom stereocenters. The summed E-state index contributed by atoms with van der Waals surface area (Å²) < 4.78 is 91.5. The Morgan fingerprint density at radius 2 is 1.71 bits per heavy atom. The van der Waals surface area contributed by atoms with Gasteiger partial charge in [-0.2, -0.15) is 13.2 Å². The second kappa shape index (κ2) is 10.1. The van der Waals surface area contributed by atoms with Gasteiger partial charge in [0.2, 0.25) is 5.88 Å². The predicted molar refractivity (Wildman–Crippen MR) is 142 cm³/mol. The average molecular weight is 587 g/mol. The van der Waals surface area contributed by atoms with Crippen molar-refractivity contribution < 1.29 is 35.1 Å². The number of alkyl halides is 3. The molecule has 0 aliphatic rings. The molecule has 5 rings (SSSR count). The van der Waals surface area contributed by atoms with Crippen molar-refractivity contribution in [3.8, 4) is 45.3 Å². The van der Waals surface area contributed by atoms with Gasteiger partial charge in [-0.05, 0) is 48.4 Å². The average Bonchev–Trinajstić information content (AvgIpc) is 3.50. The number of hydrogen-bond acceptors (Lipinski definition) is 7. The number of hydrogen-bond donors (Lipinski definition) is 0. The summed E-state index contributed by atoms with van der Waals surface area (Å²) in [6.07, 6.45) is -1.38. The first-order valence-electron chi connectivity index (χ1n) is 12.0. The highest BCUT2D eigenvalue weighted by Gasteiger charge is 2.35. The minimum atomic E-state index is -4.68. The minimum absolute atomic E-state index is 0.0596. The van der Waals surface area contributed by atoms with Crippen LogP contribution in [-0.2, 0) is 16.0 Å². The molecule has 0 saturated heterocycles. The van der Waals surface area contributed by atoms with Crippen LogP contribution >= 0.6 is 0 Å². The third kappa shape index (κ3) is 5.44. The van der Waals surface area contributed by atoms with Gasteiger partial charge in [0.15, 0.2) is 33.0 Å². The monoisotopic (exact) mass is 586 g/mol. The zero-order valence-corrected chi connectivity index (χ0v) is 22.9. The molecule has 41 heavy (non-hydrogen) atoms. The van der Waals surface area contributed by atoms with Crippen LogP contribution in [-0.4, -0.2) is 41.3 Å². The second-order valence-corrected chi connectivity index (χ2v) is 11.2. The molecule has 3 aromatic heterocycles. The van der Waals surface area contributed by atoms with E-state index in [-0.39, 0.29) is 45.2 Å². The first-order valence-corrected chi connectivity index (χ1v) is 13.9. The van der Waals surface area contributed by atoms with Gasteiger partial charge in [0.25, 0.3) is 0 Å². The Kier molecular flexibility index (Phi) is 6.93. The topological polar surface area (TPSA) is 100 Å². The lowest BCUT2D eigenvalue weighted by molar-refractivity contribution is -0.141. The van der Waals surface area contributed by atoms with Crippen molar-refractivity contribution in [1.29, 1.82) is 0 Å². The van der Waals surface area contributed by atoms with Crippen molar-refractivity contribution in [2.75, 3.05) is 13.4 Å². The van der Waals surface area contributed by atoms with E-state index in [2.05, 4.69) is 15.0 Å². The Hall–Kier alpha value is -4.52. The van der Waals surface area contributed by atoms with Gasteiger partial charge in [-0.1, -0.05) is 18.2 Å². The van der Waals surface area contributed by atoms with Crippen molar-refractivity contribution in [3.05, 3.63) is 84.2 Å². The van der Waals surface area contributed by atoms with Crippen molar-refractivity contribution in [1.82, 2.24) is 19.5 Å². The van der Waals surface area contributed by atoms with E-state index < -0.39 is 27.5 Å². The molecule has 212 valence electrons. The van der Waals surface area contributed by atoms with Gasteiger partial charge in [0.05, 0.1) is 17.7 Å². The molecule has 0 spiro atoms. The summed E-state index contributed by atoms with van der Waals surface area (Å²) in [4.78, 5) is 12.2. The standard InChI is InChI=1S/C28H22F4N4O4S/c1-15-34-24(28(30,31)32)14-36(15)23-9-8-18(17-6-5-7-20(10-17)41(4,37)38)11-21(23)25-26(40-16(2)35-25)19-12-22(29)27(39-3)33-13-19/h5-14H,1-4H3. The lowest BCUT2D eigenvalue weighted by Gasteiger charge is -2.14. The van der Waals surface area contributed by atoms with Crippen LogP contribution in [0.15, 0.2) is 70.2 Å². The Balaban J connectivity index is 1.78. The van der Waals surface area contributed by atoms with Crippen molar-refractivity contribution in [3.63, 3.8) is 0 Å².